The van der Waals surface area contributed by atoms with Crippen LogP contribution in [0, 0.1) is 0 Å². The Morgan fingerprint density at radius 1 is 1.41 bits per heavy atom. The Kier molecular flexibility index (Phi) is 6.49. The zero-order chi connectivity index (χ0) is 12.8. The van der Waals surface area contributed by atoms with Gasteiger partial charge in [0, 0.05) is 4.47 Å². The molecule has 1 atom stereocenters. The van der Waals surface area contributed by atoms with Gasteiger partial charge in [-0.2, -0.15) is 0 Å². The van der Waals surface area contributed by atoms with Gasteiger partial charge in [0.2, 0.25) is 0 Å². The van der Waals surface area contributed by atoms with Gasteiger partial charge in [0.1, 0.15) is 0 Å². The van der Waals surface area contributed by atoms with Gasteiger partial charge in [-0.05, 0) is 54.0 Å². The largest absolute Gasteiger partial charge is 0.377 e. The van der Waals surface area contributed by atoms with E-state index in [9.17, 15) is 0 Å². The molecular weight excluding hydrogens is 302 g/mol. The number of benzene rings is 1. The fourth-order valence-electron chi connectivity index (χ4n) is 1.54. The van der Waals surface area contributed by atoms with E-state index in [2.05, 4.69) is 34.2 Å². The van der Waals surface area contributed by atoms with Crippen molar-refractivity contribution in [2.24, 2.45) is 0 Å². The minimum absolute atomic E-state index is 0.188. The Morgan fingerprint density at radius 2 is 2.12 bits per heavy atom. The van der Waals surface area contributed by atoms with Gasteiger partial charge < -0.3 is 10.1 Å². The fraction of sp³-hybridized carbons (Fsp3) is 0.538. The number of hydrogen-bond donors (Lipinski definition) is 1. The lowest BCUT2D eigenvalue weighted by atomic mass is 10.1. The minimum atomic E-state index is 0.188. The highest BCUT2D eigenvalue weighted by Gasteiger charge is 2.12. The van der Waals surface area contributed by atoms with Crippen LogP contribution in [0.3, 0.4) is 0 Å². The van der Waals surface area contributed by atoms with Crippen molar-refractivity contribution in [1.82, 2.24) is 5.32 Å². The predicted molar refractivity (Wildman–Crippen MR) is 76.7 cm³/mol. The maximum atomic E-state index is 6.11. The Labute approximate surface area is 117 Å². The molecule has 0 aliphatic rings. The molecule has 0 spiro atoms. The minimum Gasteiger partial charge on any atom is -0.377 e. The van der Waals surface area contributed by atoms with Crippen molar-refractivity contribution in [3.63, 3.8) is 0 Å². The molecule has 1 N–H and O–H groups in total. The second-order valence-corrected chi connectivity index (χ2v) is 5.43. The third-order valence-electron chi connectivity index (χ3n) is 2.39. The quantitative estimate of drug-likeness (QED) is 0.849. The normalized spacial score (nSPS) is 13.1. The average Bonchev–Trinajstić information content (AvgIpc) is 2.28. The lowest BCUT2D eigenvalue weighted by molar-refractivity contribution is 0.0614. The van der Waals surface area contributed by atoms with Gasteiger partial charge in [0.05, 0.1) is 23.8 Å². The van der Waals surface area contributed by atoms with E-state index < -0.39 is 0 Å². The Hall–Kier alpha value is -0.0900. The number of likely N-dealkylation sites (N-methyl/N-ethyl adjacent to an activating group) is 1. The van der Waals surface area contributed by atoms with Crippen LogP contribution in [0.2, 0.25) is 5.02 Å². The SMILES string of the molecule is CCNC(COC(C)C)c1ccc(Br)c(Cl)c1. The molecule has 1 aromatic rings. The molecule has 0 radical (unpaired) electrons. The van der Waals surface area contributed by atoms with Crippen LogP contribution in [0.15, 0.2) is 22.7 Å². The summed E-state index contributed by atoms with van der Waals surface area (Å²) in [5.41, 5.74) is 1.15. The maximum Gasteiger partial charge on any atom is 0.0664 e. The Balaban J connectivity index is 2.77. The Morgan fingerprint density at radius 3 is 2.65 bits per heavy atom. The van der Waals surface area contributed by atoms with Crippen LogP contribution in [0.25, 0.3) is 0 Å². The van der Waals surface area contributed by atoms with Crippen molar-refractivity contribution in [1.29, 1.82) is 0 Å². The zero-order valence-corrected chi connectivity index (χ0v) is 12.8. The van der Waals surface area contributed by atoms with E-state index in [0.29, 0.717) is 6.61 Å². The van der Waals surface area contributed by atoms with E-state index in [1.807, 2.05) is 26.0 Å². The van der Waals surface area contributed by atoms with E-state index in [4.69, 9.17) is 16.3 Å². The summed E-state index contributed by atoms with van der Waals surface area (Å²) in [6.45, 7) is 7.72. The molecular formula is C13H19BrClNO. The standard InChI is InChI=1S/C13H19BrClNO/c1-4-16-13(8-17-9(2)3)10-5-6-11(14)12(15)7-10/h5-7,9,13,16H,4,8H2,1-3H3. The molecule has 0 aliphatic carbocycles. The molecule has 0 aliphatic heterocycles. The van der Waals surface area contributed by atoms with Crippen molar-refractivity contribution in [3.05, 3.63) is 33.3 Å². The van der Waals surface area contributed by atoms with Crippen LogP contribution < -0.4 is 5.32 Å². The highest BCUT2D eigenvalue weighted by atomic mass is 79.9. The third kappa shape index (κ3) is 4.96. The van der Waals surface area contributed by atoms with Crippen molar-refractivity contribution >= 4 is 27.5 Å². The summed E-state index contributed by atoms with van der Waals surface area (Å²) in [5.74, 6) is 0. The molecule has 1 unspecified atom stereocenters. The van der Waals surface area contributed by atoms with Gasteiger partial charge in [-0.1, -0.05) is 24.6 Å². The van der Waals surface area contributed by atoms with Gasteiger partial charge in [0.25, 0.3) is 0 Å². The molecule has 4 heteroatoms. The highest BCUT2D eigenvalue weighted by Crippen LogP contribution is 2.26. The van der Waals surface area contributed by atoms with Gasteiger partial charge in [0.15, 0.2) is 0 Å². The average molecular weight is 321 g/mol. The van der Waals surface area contributed by atoms with Crippen LogP contribution in [-0.4, -0.2) is 19.3 Å². The number of hydrogen-bond acceptors (Lipinski definition) is 2. The molecule has 0 amide bonds. The second-order valence-electron chi connectivity index (χ2n) is 4.17. The molecule has 96 valence electrons. The summed E-state index contributed by atoms with van der Waals surface area (Å²) in [4.78, 5) is 0. The lowest BCUT2D eigenvalue weighted by Crippen LogP contribution is -2.26. The molecule has 0 bridgehead atoms. The number of halogens is 2. The van der Waals surface area contributed by atoms with Crippen LogP contribution >= 0.6 is 27.5 Å². The van der Waals surface area contributed by atoms with Crippen LogP contribution in [0.1, 0.15) is 32.4 Å². The predicted octanol–water partition coefficient (Wildman–Crippen LogP) is 4.18. The van der Waals surface area contributed by atoms with E-state index >= 15 is 0 Å². The van der Waals surface area contributed by atoms with Gasteiger partial charge in [-0.25, -0.2) is 0 Å². The first kappa shape index (κ1) is 15.0. The summed E-state index contributed by atoms with van der Waals surface area (Å²) < 4.78 is 6.58. The fourth-order valence-corrected chi connectivity index (χ4v) is 1.97. The van der Waals surface area contributed by atoms with Crippen molar-refractivity contribution in [2.75, 3.05) is 13.2 Å². The molecule has 0 heterocycles. The highest BCUT2D eigenvalue weighted by molar-refractivity contribution is 9.10. The molecule has 0 saturated heterocycles. The van der Waals surface area contributed by atoms with Gasteiger partial charge in [-0.3, -0.25) is 0 Å². The van der Waals surface area contributed by atoms with E-state index in [1.54, 1.807) is 0 Å². The lowest BCUT2D eigenvalue weighted by Gasteiger charge is -2.20. The molecule has 1 rings (SSSR count). The third-order valence-corrected chi connectivity index (χ3v) is 3.63. The van der Waals surface area contributed by atoms with Crippen LogP contribution in [0.4, 0.5) is 0 Å². The monoisotopic (exact) mass is 319 g/mol. The number of ether oxygens (including phenoxy) is 1. The summed E-state index contributed by atoms with van der Waals surface area (Å²) in [6.07, 6.45) is 0.238. The summed E-state index contributed by atoms with van der Waals surface area (Å²) in [7, 11) is 0. The molecule has 2 nitrogen and oxygen atoms in total. The van der Waals surface area contributed by atoms with Crippen molar-refractivity contribution in [2.45, 2.75) is 32.9 Å². The Bertz CT molecular complexity index is 357. The topological polar surface area (TPSA) is 21.3 Å². The molecule has 0 fully saturated rings. The molecule has 0 aromatic heterocycles. The molecule has 0 saturated carbocycles. The van der Waals surface area contributed by atoms with Gasteiger partial charge in [-0.15, -0.1) is 0 Å². The first-order valence-electron chi connectivity index (χ1n) is 5.84. The van der Waals surface area contributed by atoms with Crippen molar-refractivity contribution in [3.8, 4) is 0 Å². The second kappa shape index (κ2) is 7.37. The summed E-state index contributed by atoms with van der Waals surface area (Å²) in [5, 5.41) is 4.13. The number of rotatable bonds is 6. The first-order chi connectivity index (χ1) is 8.04. The maximum absolute atomic E-state index is 6.11. The van der Waals surface area contributed by atoms with E-state index in [1.165, 1.54) is 0 Å². The smallest absolute Gasteiger partial charge is 0.0664 e. The summed E-state index contributed by atoms with van der Waals surface area (Å²) in [6, 6.07) is 6.19. The number of nitrogens with one attached hydrogen (secondary N) is 1. The van der Waals surface area contributed by atoms with Crippen molar-refractivity contribution < 1.29 is 4.74 Å². The van der Waals surface area contributed by atoms with E-state index in [0.717, 1.165) is 21.6 Å². The first-order valence-corrected chi connectivity index (χ1v) is 7.01. The van der Waals surface area contributed by atoms with E-state index in [-0.39, 0.29) is 12.1 Å². The van der Waals surface area contributed by atoms with Crippen LogP contribution in [0.5, 0.6) is 0 Å². The molecule has 1 aromatic carbocycles. The van der Waals surface area contributed by atoms with Crippen LogP contribution in [-0.2, 0) is 4.74 Å². The van der Waals surface area contributed by atoms with Gasteiger partial charge >= 0.3 is 0 Å². The zero-order valence-electron chi connectivity index (χ0n) is 10.5. The molecule has 17 heavy (non-hydrogen) atoms. The summed E-state index contributed by atoms with van der Waals surface area (Å²) >= 11 is 9.50.